The fourth-order valence-electron chi connectivity index (χ4n) is 1.37. The van der Waals surface area contributed by atoms with Crippen molar-refractivity contribution in [2.24, 2.45) is 0 Å². The predicted molar refractivity (Wildman–Crippen MR) is 89.2 cm³/mol. The average Bonchev–Trinajstić information content (AvgIpc) is 2.20. The average molecular weight is 509 g/mol. The van der Waals surface area contributed by atoms with Crippen LogP contribution in [0.5, 0.6) is 5.75 Å². The highest BCUT2D eigenvalue weighted by Crippen LogP contribution is 2.31. The summed E-state index contributed by atoms with van der Waals surface area (Å²) in [5.41, 5.74) is 0. The van der Waals surface area contributed by atoms with Crippen LogP contribution in [0.1, 0.15) is 32.6 Å². The molecule has 0 aliphatic heterocycles. The fraction of sp³-hybridized carbons (Fsp3) is 0.500. The van der Waals surface area contributed by atoms with E-state index in [1.807, 2.05) is 0 Å². The van der Waals surface area contributed by atoms with Crippen LogP contribution in [-0.4, -0.2) is 6.61 Å². The summed E-state index contributed by atoms with van der Waals surface area (Å²) in [4.78, 5) is 0. The van der Waals surface area contributed by atoms with Gasteiger partial charge in [-0.1, -0.05) is 42.1 Å². The van der Waals surface area contributed by atoms with Crippen LogP contribution in [0.3, 0.4) is 0 Å². The van der Waals surface area contributed by atoms with Gasteiger partial charge in [-0.25, -0.2) is 0 Å². The third-order valence-electron chi connectivity index (χ3n) is 2.21. The molecule has 0 aliphatic rings. The molecule has 0 fully saturated rings. The van der Waals surface area contributed by atoms with Gasteiger partial charge in [-0.05, 0) is 63.7 Å². The van der Waals surface area contributed by atoms with Gasteiger partial charge in [-0.15, -0.1) is 0 Å². The molecule has 0 saturated carbocycles. The predicted octanol–water partition coefficient (Wildman–Crippen LogP) is 5.62. The first-order valence-electron chi connectivity index (χ1n) is 5.42. The van der Waals surface area contributed by atoms with Crippen LogP contribution >= 0.6 is 61.1 Å². The van der Waals surface area contributed by atoms with E-state index in [4.69, 9.17) is 4.74 Å². The molecule has 1 aromatic rings. The number of benzene rings is 1. The molecular formula is C12H15BrI2O. The van der Waals surface area contributed by atoms with E-state index in [1.165, 1.54) is 26.4 Å². The van der Waals surface area contributed by atoms with Crippen LogP contribution in [0, 0.1) is 7.14 Å². The second kappa shape index (κ2) is 8.13. The van der Waals surface area contributed by atoms with Gasteiger partial charge in [-0.3, -0.25) is 0 Å². The fourth-order valence-corrected chi connectivity index (χ4v) is 4.76. The molecule has 0 unspecified atom stereocenters. The third-order valence-corrected chi connectivity index (χ3v) is 4.27. The van der Waals surface area contributed by atoms with Gasteiger partial charge in [-0.2, -0.15) is 0 Å². The smallest absolute Gasteiger partial charge is 0.145 e. The van der Waals surface area contributed by atoms with Gasteiger partial charge in [0.2, 0.25) is 0 Å². The van der Waals surface area contributed by atoms with Crippen LogP contribution in [0.25, 0.3) is 0 Å². The summed E-state index contributed by atoms with van der Waals surface area (Å²) in [6.45, 7) is 3.05. The Morgan fingerprint density at radius 3 is 2.31 bits per heavy atom. The van der Waals surface area contributed by atoms with E-state index in [0.717, 1.165) is 23.2 Å². The molecule has 1 aromatic carbocycles. The number of ether oxygens (including phenoxy) is 1. The van der Waals surface area contributed by atoms with Crippen molar-refractivity contribution in [2.75, 3.05) is 6.61 Å². The SMILES string of the molecule is CCCCCCOc1c(I)cc(Br)cc1I. The Hall–Kier alpha value is 0.960. The van der Waals surface area contributed by atoms with Crippen molar-refractivity contribution in [3.8, 4) is 5.75 Å². The van der Waals surface area contributed by atoms with E-state index in [0.29, 0.717) is 0 Å². The summed E-state index contributed by atoms with van der Waals surface area (Å²) in [5.74, 6) is 1.03. The lowest BCUT2D eigenvalue weighted by Gasteiger charge is -2.10. The second-order valence-electron chi connectivity index (χ2n) is 3.61. The van der Waals surface area contributed by atoms with Crippen molar-refractivity contribution in [2.45, 2.75) is 32.6 Å². The summed E-state index contributed by atoms with van der Waals surface area (Å²) in [5, 5.41) is 0. The minimum Gasteiger partial charge on any atom is -0.491 e. The van der Waals surface area contributed by atoms with E-state index in [2.05, 4.69) is 80.2 Å². The Bertz CT molecular complexity index is 319. The molecule has 1 nitrogen and oxygen atoms in total. The lowest BCUT2D eigenvalue weighted by Crippen LogP contribution is -2.00. The topological polar surface area (TPSA) is 9.23 Å². The first-order valence-corrected chi connectivity index (χ1v) is 8.37. The van der Waals surface area contributed by atoms with Crippen molar-refractivity contribution in [3.63, 3.8) is 0 Å². The highest BCUT2D eigenvalue weighted by atomic mass is 127. The van der Waals surface area contributed by atoms with E-state index in [-0.39, 0.29) is 0 Å². The lowest BCUT2D eigenvalue weighted by molar-refractivity contribution is 0.301. The van der Waals surface area contributed by atoms with Gasteiger partial charge in [0.05, 0.1) is 13.7 Å². The zero-order valence-corrected chi connectivity index (χ0v) is 15.1. The normalized spacial score (nSPS) is 10.5. The number of halogens is 3. The van der Waals surface area contributed by atoms with Gasteiger partial charge in [0.15, 0.2) is 0 Å². The molecule has 0 bridgehead atoms. The molecule has 0 aromatic heterocycles. The van der Waals surface area contributed by atoms with Crippen molar-refractivity contribution in [3.05, 3.63) is 23.7 Å². The van der Waals surface area contributed by atoms with Crippen LogP contribution in [0.2, 0.25) is 0 Å². The van der Waals surface area contributed by atoms with Crippen LogP contribution in [0.4, 0.5) is 0 Å². The van der Waals surface area contributed by atoms with E-state index < -0.39 is 0 Å². The Morgan fingerprint density at radius 2 is 1.75 bits per heavy atom. The maximum atomic E-state index is 5.83. The molecule has 16 heavy (non-hydrogen) atoms. The molecule has 90 valence electrons. The van der Waals surface area contributed by atoms with Crippen molar-refractivity contribution < 1.29 is 4.74 Å². The monoisotopic (exact) mass is 508 g/mol. The van der Waals surface area contributed by atoms with Crippen molar-refractivity contribution >= 4 is 61.1 Å². The standard InChI is InChI=1S/C12H15BrI2O/c1-2-3-4-5-6-16-12-10(14)7-9(13)8-11(12)15/h7-8H,2-6H2,1H3. The largest absolute Gasteiger partial charge is 0.491 e. The summed E-state index contributed by atoms with van der Waals surface area (Å²) in [6.07, 6.45) is 4.99. The van der Waals surface area contributed by atoms with E-state index in [1.54, 1.807) is 0 Å². The highest BCUT2D eigenvalue weighted by molar-refractivity contribution is 14.1. The van der Waals surface area contributed by atoms with Gasteiger partial charge in [0.1, 0.15) is 5.75 Å². The minimum atomic E-state index is 0.827. The maximum absolute atomic E-state index is 5.83. The summed E-state index contributed by atoms with van der Waals surface area (Å²) >= 11 is 8.12. The Kier molecular flexibility index (Phi) is 7.63. The molecule has 4 heteroatoms. The molecule has 0 atom stereocenters. The lowest BCUT2D eigenvalue weighted by atomic mass is 10.2. The van der Waals surface area contributed by atoms with Crippen molar-refractivity contribution in [1.29, 1.82) is 0 Å². The number of hydrogen-bond acceptors (Lipinski definition) is 1. The highest BCUT2D eigenvalue weighted by Gasteiger charge is 2.07. The van der Waals surface area contributed by atoms with Crippen LogP contribution in [-0.2, 0) is 0 Å². The van der Waals surface area contributed by atoms with Crippen LogP contribution < -0.4 is 4.74 Å². The Labute approximate surface area is 133 Å². The molecule has 0 amide bonds. The maximum Gasteiger partial charge on any atom is 0.145 e. The van der Waals surface area contributed by atoms with Gasteiger partial charge >= 0.3 is 0 Å². The summed E-state index contributed by atoms with van der Waals surface area (Å²) in [6, 6.07) is 4.17. The number of unbranched alkanes of at least 4 members (excludes halogenated alkanes) is 3. The number of hydrogen-bond donors (Lipinski definition) is 0. The molecule has 1 rings (SSSR count). The number of rotatable bonds is 6. The second-order valence-corrected chi connectivity index (χ2v) is 6.85. The van der Waals surface area contributed by atoms with E-state index in [9.17, 15) is 0 Å². The van der Waals surface area contributed by atoms with Gasteiger partial charge in [0.25, 0.3) is 0 Å². The molecule has 0 heterocycles. The minimum absolute atomic E-state index is 0.827. The molecule has 0 aliphatic carbocycles. The third kappa shape index (κ3) is 5.08. The quantitative estimate of drug-likeness (QED) is 0.358. The van der Waals surface area contributed by atoms with E-state index >= 15 is 0 Å². The van der Waals surface area contributed by atoms with Gasteiger partial charge in [0, 0.05) is 4.47 Å². The van der Waals surface area contributed by atoms with Gasteiger partial charge < -0.3 is 4.74 Å². The molecule has 0 saturated heterocycles. The molecular weight excluding hydrogens is 494 g/mol. The Morgan fingerprint density at radius 1 is 1.12 bits per heavy atom. The molecule has 0 radical (unpaired) electrons. The first-order chi connectivity index (χ1) is 7.65. The van der Waals surface area contributed by atoms with Crippen LogP contribution in [0.15, 0.2) is 16.6 Å². The molecule has 0 N–H and O–H groups in total. The zero-order valence-electron chi connectivity index (χ0n) is 9.23. The first kappa shape index (κ1) is 15.0. The zero-order chi connectivity index (χ0) is 12.0. The molecule has 0 spiro atoms. The summed E-state index contributed by atoms with van der Waals surface area (Å²) in [7, 11) is 0. The Balaban J connectivity index is 2.47. The van der Waals surface area contributed by atoms with Crippen molar-refractivity contribution in [1.82, 2.24) is 0 Å². The summed E-state index contributed by atoms with van der Waals surface area (Å²) < 4.78 is 9.29.